The molecule has 1 unspecified atom stereocenters. The van der Waals surface area contributed by atoms with Crippen molar-refractivity contribution < 1.29 is 4.79 Å². The number of anilines is 1. The van der Waals surface area contributed by atoms with Crippen LogP contribution in [0.15, 0.2) is 6.07 Å². The van der Waals surface area contributed by atoms with E-state index in [9.17, 15) is 4.79 Å². The molecule has 0 saturated heterocycles. The number of unbranched alkanes of at least 4 members (excludes halogenated alkanes) is 1. The van der Waals surface area contributed by atoms with Crippen molar-refractivity contribution in [1.82, 2.24) is 15.3 Å². The number of nitrogens with one attached hydrogen (secondary N) is 2. The summed E-state index contributed by atoms with van der Waals surface area (Å²) in [5.41, 5.74) is 0.423. The predicted molar refractivity (Wildman–Crippen MR) is 77.4 cm³/mol. The van der Waals surface area contributed by atoms with Gasteiger partial charge in [-0.3, -0.25) is 4.79 Å². The molecule has 106 valence electrons. The Balaban J connectivity index is 2.75. The Kier molecular flexibility index (Phi) is 6.25. The SMILES string of the molecule is CCCCNc1cc(C(=O)NC(C)CC)nc(C)n1. The number of amides is 1. The molecule has 1 aromatic heterocycles. The van der Waals surface area contributed by atoms with Crippen LogP contribution in [0.25, 0.3) is 0 Å². The van der Waals surface area contributed by atoms with Gasteiger partial charge in [0.05, 0.1) is 0 Å². The van der Waals surface area contributed by atoms with Crippen molar-refractivity contribution in [2.24, 2.45) is 0 Å². The molecule has 0 saturated carbocycles. The number of carbonyl (C=O) groups excluding carboxylic acids is 1. The third-order valence-corrected chi connectivity index (χ3v) is 2.90. The minimum absolute atomic E-state index is 0.140. The van der Waals surface area contributed by atoms with E-state index in [-0.39, 0.29) is 11.9 Å². The second-order valence-corrected chi connectivity index (χ2v) is 4.75. The van der Waals surface area contributed by atoms with Crippen LogP contribution in [-0.4, -0.2) is 28.5 Å². The van der Waals surface area contributed by atoms with E-state index in [1.54, 1.807) is 13.0 Å². The Bertz CT molecular complexity index is 420. The molecule has 0 aliphatic heterocycles. The van der Waals surface area contributed by atoms with Gasteiger partial charge in [-0.25, -0.2) is 9.97 Å². The standard InChI is InChI=1S/C14H24N4O/c1-5-7-8-15-13-9-12(17-11(4)18-13)14(19)16-10(3)6-2/h9-10H,5-8H2,1-4H3,(H,16,19)(H,15,17,18). The zero-order chi connectivity index (χ0) is 14.3. The summed E-state index contributed by atoms with van der Waals surface area (Å²) < 4.78 is 0. The van der Waals surface area contributed by atoms with Crippen LogP contribution in [-0.2, 0) is 0 Å². The lowest BCUT2D eigenvalue weighted by Gasteiger charge is -2.12. The van der Waals surface area contributed by atoms with Crippen LogP contribution in [0.5, 0.6) is 0 Å². The molecule has 5 nitrogen and oxygen atoms in total. The summed E-state index contributed by atoms with van der Waals surface area (Å²) in [4.78, 5) is 20.5. The normalized spacial score (nSPS) is 12.0. The van der Waals surface area contributed by atoms with E-state index in [2.05, 4.69) is 27.5 Å². The van der Waals surface area contributed by atoms with E-state index in [0.717, 1.165) is 31.6 Å². The average molecular weight is 264 g/mol. The topological polar surface area (TPSA) is 66.9 Å². The fraction of sp³-hybridized carbons (Fsp3) is 0.643. The lowest BCUT2D eigenvalue weighted by atomic mass is 10.2. The molecule has 1 amide bonds. The molecular weight excluding hydrogens is 240 g/mol. The number of aryl methyl sites for hydroxylation is 1. The Morgan fingerprint density at radius 3 is 2.74 bits per heavy atom. The quantitative estimate of drug-likeness (QED) is 0.743. The molecule has 1 heterocycles. The minimum atomic E-state index is -0.140. The van der Waals surface area contributed by atoms with Gasteiger partial charge in [-0.05, 0) is 26.7 Å². The Morgan fingerprint density at radius 1 is 1.37 bits per heavy atom. The highest BCUT2D eigenvalue weighted by molar-refractivity contribution is 5.93. The molecule has 2 N–H and O–H groups in total. The first-order chi connectivity index (χ1) is 9.06. The van der Waals surface area contributed by atoms with Gasteiger partial charge in [0.1, 0.15) is 17.3 Å². The zero-order valence-electron chi connectivity index (χ0n) is 12.3. The van der Waals surface area contributed by atoms with E-state index >= 15 is 0 Å². The molecule has 5 heteroatoms. The van der Waals surface area contributed by atoms with Crippen molar-refractivity contribution in [1.29, 1.82) is 0 Å². The van der Waals surface area contributed by atoms with Gasteiger partial charge in [0.15, 0.2) is 0 Å². The van der Waals surface area contributed by atoms with Gasteiger partial charge < -0.3 is 10.6 Å². The smallest absolute Gasteiger partial charge is 0.270 e. The van der Waals surface area contributed by atoms with Gasteiger partial charge in [-0.2, -0.15) is 0 Å². The molecule has 0 aliphatic carbocycles. The fourth-order valence-electron chi connectivity index (χ4n) is 1.57. The summed E-state index contributed by atoms with van der Waals surface area (Å²) in [5, 5.41) is 6.13. The monoisotopic (exact) mass is 264 g/mol. The van der Waals surface area contributed by atoms with Crippen LogP contribution >= 0.6 is 0 Å². The molecule has 1 rings (SSSR count). The number of aromatic nitrogens is 2. The van der Waals surface area contributed by atoms with Crippen LogP contribution in [0.4, 0.5) is 5.82 Å². The fourth-order valence-corrected chi connectivity index (χ4v) is 1.57. The number of hydrogen-bond donors (Lipinski definition) is 2. The first-order valence-corrected chi connectivity index (χ1v) is 6.97. The summed E-state index contributed by atoms with van der Waals surface area (Å²) in [6.45, 7) is 8.81. The third-order valence-electron chi connectivity index (χ3n) is 2.90. The molecule has 0 radical (unpaired) electrons. The summed E-state index contributed by atoms with van der Waals surface area (Å²) >= 11 is 0. The number of rotatable bonds is 7. The molecule has 0 aromatic carbocycles. The van der Waals surface area contributed by atoms with Crippen LogP contribution in [0.2, 0.25) is 0 Å². The van der Waals surface area contributed by atoms with E-state index in [1.807, 2.05) is 13.8 Å². The minimum Gasteiger partial charge on any atom is -0.370 e. The molecule has 0 fully saturated rings. The highest BCUT2D eigenvalue weighted by Crippen LogP contribution is 2.07. The molecular formula is C14H24N4O. The molecule has 0 aliphatic rings. The van der Waals surface area contributed by atoms with Gasteiger partial charge in [0, 0.05) is 18.7 Å². The van der Waals surface area contributed by atoms with E-state index in [1.165, 1.54) is 0 Å². The van der Waals surface area contributed by atoms with Crippen LogP contribution in [0.1, 0.15) is 56.3 Å². The molecule has 1 aromatic rings. The maximum absolute atomic E-state index is 12.0. The van der Waals surface area contributed by atoms with E-state index in [4.69, 9.17) is 0 Å². The molecule has 0 bridgehead atoms. The largest absolute Gasteiger partial charge is 0.370 e. The van der Waals surface area contributed by atoms with Crippen molar-refractivity contribution >= 4 is 11.7 Å². The second-order valence-electron chi connectivity index (χ2n) is 4.75. The first-order valence-electron chi connectivity index (χ1n) is 6.97. The van der Waals surface area contributed by atoms with E-state index in [0.29, 0.717) is 11.5 Å². The Hall–Kier alpha value is -1.65. The summed E-state index contributed by atoms with van der Waals surface area (Å²) in [7, 11) is 0. The van der Waals surface area contributed by atoms with Crippen molar-refractivity contribution in [2.75, 3.05) is 11.9 Å². The Labute approximate surface area is 115 Å². The summed E-state index contributed by atoms with van der Waals surface area (Å²) in [6, 6.07) is 1.86. The van der Waals surface area contributed by atoms with Gasteiger partial charge in [-0.15, -0.1) is 0 Å². The second kappa shape index (κ2) is 7.71. The third kappa shape index (κ3) is 5.24. The molecule has 0 spiro atoms. The van der Waals surface area contributed by atoms with Crippen molar-refractivity contribution in [3.8, 4) is 0 Å². The first kappa shape index (κ1) is 15.4. The highest BCUT2D eigenvalue weighted by atomic mass is 16.1. The lowest BCUT2D eigenvalue weighted by molar-refractivity contribution is 0.0934. The maximum atomic E-state index is 12.0. The number of carbonyl (C=O) groups is 1. The van der Waals surface area contributed by atoms with Gasteiger partial charge in [-0.1, -0.05) is 20.3 Å². The van der Waals surface area contributed by atoms with Crippen molar-refractivity contribution in [3.05, 3.63) is 17.6 Å². The average Bonchev–Trinajstić information content (AvgIpc) is 2.38. The summed E-state index contributed by atoms with van der Waals surface area (Å²) in [5.74, 6) is 1.18. The lowest BCUT2D eigenvalue weighted by Crippen LogP contribution is -2.32. The maximum Gasteiger partial charge on any atom is 0.270 e. The van der Waals surface area contributed by atoms with Gasteiger partial charge >= 0.3 is 0 Å². The van der Waals surface area contributed by atoms with Crippen LogP contribution in [0, 0.1) is 6.92 Å². The molecule has 19 heavy (non-hydrogen) atoms. The number of hydrogen-bond acceptors (Lipinski definition) is 4. The Morgan fingerprint density at radius 2 is 2.11 bits per heavy atom. The van der Waals surface area contributed by atoms with Crippen LogP contribution in [0.3, 0.4) is 0 Å². The van der Waals surface area contributed by atoms with Gasteiger partial charge in [0.25, 0.3) is 5.91 Å². The number of nitrogens with zero attached hydrogens (tertiary/aromatic N) is 2. The van der Waals surface area contributed by atoms with Crippen molar-refractivity contribution in [2.45, 2.75) is 53.0 Å². The van der Waals surface area contributed by atoms with Crippen LogP contribution < -0.4 is 10.6 Å². The highest BCUT2D eigenvalue weighted by Gasteiger charge is 2.12. The molecule has 1 atom stereocenters. The van der Waals surface area contributed by atoms with E-state index < -0.39 is 0 Å². The summed E-state index contributed by atoms with van der Waals surface area (Å²) in [6.07, 6.45) is 3.10. The zero-order valence-corrected chi connectivity index (χ0v) is 12.3. The van der Waals surface area contributed by atoms with Crippen molar-refractivity contribution in [3.63, 3.8) is 0 Å². The predicted octanol–water partition coefficient (Wildman–Crippen LogP) is 2.53. The van der Waals surface area contributed by atoms with Gasteiger partial charge in [0.2, 0.25) is 0 Å².